The number of benzene rings is 4. The minimum atomic E-state index is -4.39. The summed E-state index contributed by atoms with van der Waals surface area (Å²) < 4.78 is 78.1. The molecule has 4 aromatic carbocycles. The van der Waals surface area contributed by atoms with E-state index >= 15 is 0 Å². The van der Waals surface area contributed by atoms with E-state index in [9.17, 15) is 25.9 Å². The molecule has 12 heteroatoms. The van der Waals surface area contributed by atoms with Crippen LogP contribution >= 0.6 is 11.3 Å². The quantitative estimate of drug-likeness (QED) is 0.108. The van der Waals surface area contributed by atoms with E-state index in [0.29, 0.717) is 24.6 Å². The molecular weight excluding hydrogens is 657 g/mol. The zero-order valence-electron chi connectivity index (χ0n) is 25.7. The molecule has 9 nitrogen and oxygen atoms in total. The van der Waals surface area contributed by atoms with Gasteiger partial charge in [-0.15, -0.1) is 0 Å². The van der Waals surface area contributed by atoms with Gasteiger partial charge in [0.15, 0.2) is 12.3 Å². The molecule has 0 unspecified atom stereocenters. The van der Waals surface area contributed by atoms with Gasteiger partial charge in [-0.3, -0.25) is 0 Å². The molecule has 6 rings (SSSR count). The van der Waals surface area contributed by atoms with E-state index in [1.165, 1.54) is 0 Å². The maximum absolute atomic E-state index is 11.4. The first kappa shape index (κ1) is 32.9. The Kier molecular flexibility index (Phi) is 9.49. The first-order valence-electron chi connectivity index (χ1n) is 15.3. The number of fused-ring (bicyclic) bond motifs is 4. The third-order valence-electron chi connectivity index (χ3n) is 8.03. The van der Waals surface area contributed by atoms with Crippen LogP contribution in [0.5, 0.6) is 5.75 Å². The van der Waals surface area contributed by atoms with Gasteiger partial charge in [0.05, 0.1) is 31.3 Å². The zero-order valence-corrected chi connectivity index (χ0v) is 28.1. The lowest BCUT2D eigenvalue weighted by molar-refractivity contribution is -0.667. The average molecular weight is 690 g/mol. The van der Waals surface area contributed by atoms with E-state index in [2.05, 4.69) is 16.7 Å². The summed E-state index contributed by atoms with van der Waals surface area (Å²) >= 11 is 1.58. The molecule has 0 amide bonds. The minimum absolute atomic E-state index is 0.124. The number of hydrogen-bond acceptors (Lipinski definition) is 9. The molecule has 47 heavy (non-hydrogen) atoms. The summed E-state index contributed by atoms with van der Waals surface area (Å²) in [5.74, 6) is 0.187. The summed E-state index contributed by atoms with van der Waals surface area (Å²) in [6.45, 7) is 2.62. The van der Waals surface area contributed by atoms with Crippen molar-refractivity contribution in [3.63, 3.8) is 0 Å². The number of rotatable bonds is 12. The fourth-order valence-electron chi connectivity index (χ4n) is 5.81. The maximum atomic E-state index is 11.4. The maximum Gasteiger partial charge on any atom is 0.263 e. The van der Waals surface area contributed by atoms with Crippen molar-refractivity contribution in [1.29, 1.82) is 0 Å². The summed E-state index contributed by atoms with van der Waals surface area (Å²) in [7, 11) is -8.75. The summed E-state index contributed by atoms with van der Waals surface area (Å²) in [5.41, 5.74) is 4.66. The fourth-order valence-corrected chi connectivity index (χ4v) is 7.96. The highest BCUT2D eigenvalue weighted by molar-refractivity contribution is 7.85. The van der Waals surface area contributed by atoms with Crippen LogP contribution in [-0.4, -0.2) is 44.0 Å². The van der Waals surface area contributed by atoms with Crippen LogP contribution in [0.25, 0.3) is 38.2 Å². The second kappa shape index (κ2) is 13.6. The predicted octanol–water partition coefficient (Wildman–Crippen LogP) is 6.41. The number of ether oxygens (including phenoxy) is 1. The molecule has 1 aromatic heterocycles. The van der Waals surface area contributed by atoms with Gasteiger partial charge in [-0.2, -0.15) is 4.57 Å². The van der Waals surface area contributed by atoms with Crippen LogP contribution in [0.3, 0.4) is 0 Å². The molecule has 0 atom stereocenters. The molecule has 0 N–H and O–H groups in total. The van der Waals surface area contributed by atoms with Crippen molar-refractivity contribution in [1.82, 2.24) is 0 Å². The largest absolute Gasteiger partial charge is 0.748 e. The van der Waals surface area contributed by atoms with Crippen molar-refractivity contribution in [2.24, 2.45) is 0 Å². The number of hydrogen-bond donors (Lipinski definition) is 0. The van der Waals surface area contributed by atoms with Gasteiger partial charge in [-0.05, 0) is 59.2 Å². The lowest BCUT2D eigenvalue weighted by Gasteiger charge is -2.19. The van der Waals surface area contributed by atoms with Gasteiger partial charge >= 0.3 is 0 Å². The minimum Gasteiger partial charge on any atom is -0.748 e. The van der Waals surface area contributed by atoms with Crippen molar-refractivity contribution in [2.45, 2.75) is 32.7 Å². The lowest BCUT2D eigenvalue weighted by Crippen LogP contribution is -2.36. The second-order valence-corrected chi connectivity index (χ2v) is 15.4. The molecule has 244 valence electrons. The van der Waals surface area contributed by atoms with Crippen LogP contribution in [0.4, 0.5) is 5.69 Å². The first-order valence-corrected chi connectivity index (χ1v) is 19.2. The number of anilines is 1. The monoisotopic (exact) mass is 689 g/mol. The van der Waals surface area contributed by atoms with E-state index in [1.54, 1.807) is 11.3 Å². The van der Waals surface area contributed by atoms with Crippen LogP contribution in [0.2, 0.25) is 0 Å². The number of aryl methyl sites for hydroxylation is 1. The van der Waals surface area contributed by atoms with Crippen LogP contribution in [-0.2, 0) is 26.8 Å². The van der Waals surface area contributed by atoms with Crippen molar-refractivity contribution in [3.8, 4) is 16.9 Å². The van der Waals surface area contributed by atoms with Gasteiger partial charge in [0.1, 0.15) is 4.70 Å². The molecule has 0 bridgehead atoms. The van der Waals surface area contributed by atoms with Crippen LogP contribution in [0, 0.1) is 0 Å². The number of thiazole rings is 1. The van der Waals surface area contributed by atoms with Crippen molar-refractivity contribution < 1.29 is 35.2 Å². The SMILES string of the molecule is CCC(/C=C1\Oc2ccc(-c3ccccc3)cc2N1CCCS(=O)(=O)[O-])=C\c1sc2ccc3ccccc3c2[n+]1CCCS(=O)(=O)[O-]. The van der Waals surface area contributed by atoms with Gasteiger partial charge in [0.25, 0.3) is 5.01 Å². The van der Waals surface area contributed by atoms with Gasteiger partial charge in [0.2, 0.25) is 11.4 Å². The van der Waals surface area contributed by atoms with Gasteiger partial charge in [0, 0.05) is 36.6 Å². The summed E-state index contributed by atoms with van der Waals surface area (Å²) in [5, 5.41) is 2.98. The molecule has 0 radical (unpaired) electrons. The van der Waals surface area contributed by atoms with Crippen molar-refractivity contribution in [2.75, 3.05) is 23.0 Å². The van der Waals surface area contributed by atoms with E-state index in [0.717, 1.165) is 48.4 Å². The van der Waals surface area contributed by atoms with Gasteiger partial charge in [-0.25, -0.2) is 16.8 Å². The van der Waals surface area contributed by atoms with E-state index in [1.807, 2.05) is 96.8 Å². The molecular formula is C35H33N2O7S3-. The van der Waals surface area contributed by atoms with Crippen molar-refractivity contribution in [3.05, 3.63) is 107 Å². The molecule has 2 heterocycles. The highest BCUT2D eigenvalue weighted by atomic mass is 32.2. The Morgan fingerprint density at radius 2 is 1.60 bits per heavy atom. The van der Waals surface area contributed by atoms with Gasteiger partial charge < -0.3 is 18.7 Å². The molecule has 5 aromatic rings. The Labute approximate surface area is 278 Å². The molecule has 1 aliphatic heterocycles. The van der Waals surface area contributed by atoms with E-state index in [-0.39, 0.29) is 19.4 Å². The Hall–Kier alpha value is -4.07. The highest BCUT2D eigenvalue weighted by Gasteiger charge is 2.28. The van der Waals surface area contributed by atoms with Crippen LogP contribution in [0.1, 0.15) is 31.2 Å². The average Bonchev–Trinajstić information content (AvgIpc) is 3.56. The predicted molar refractivity (Wildman–Crippen MR) is 184 cm³/mol. The first-order chi connectivity index (χ1) is 22.5. The lowest BCUT2D eigenvalue weighted by atomic mass is 10.0. The van der Waals surface area contributed by atoms with E-state index in [4.69, 9.17) is 4.74 Å². The summed E-state index contributed by atoms with van der Waals surface area (Å²) in [6, 6.07) is 27.9. The third-order valence-corrected chi connectivity index (χ3v) is 10.7. The molecule has 1 aliphatic rings. The zero-order chi connectivity index (χ0) is 33.2. The Morgan fingerprint density at radius 3 is 2.34 bits per heavy atom. The Bertz CT molecular complexity index is 2230. The van der Waals surface area contributed by atoms with Gasteiger partial charge in [-0.1, -0.05) is 78.9 Å². The topological polar surface area (TPSA) is 131 Å². The molecule has 0 saturated carbocycles. The number of nitrogens with zero attached hydrogens (tertiary/aromatic N) is 2. The molecule has 0 fully saturated rings. The molecule has 0 spiro atoms. The summed E-state index contributed by atoms with van der Waals surface area (Å²) in [6.07, 6.45) is 4.89. The molecule has 0 saturated heterocycles. The second-order valence-electron chi connectivity index (χ2n) is 11.3. The van der Waals surface area contributed by atoms with Crippen molar-refractivity contribution >= 4 is 64.3 Å². The van der Waals surface area contributed by atoms with Crippen LogP contribution in [0.15, 0.2) is 102 Å². The Balaban J connectivity index is 1.41. The fraction of sp³-hybridized carbons (Fsp3) is 0.229. The Morgan fingerprint density at radius 1 is 0.872 bits per heavy atom. The standard InChI is InChI=1S/C35H34N2O7S3/c1-2-25(23-34-37(19-9-21-47(41,42)43)35-29-13-7-6-12-27(29)15-17-32(35)45-34)22-33-36(18-8-20-46(38,39)40)30-24-28(14-16-31(30)44-33)26-10-4-3-5-11-26/h3-7,10-17,22-24H,2,8-9,18-21H2,1H3,(H-,38,39,40,41,42,43)/p-1. The van der Waals surface area contributed by atoms with E-state index < -0.39 is 31.7 Å². The summed E-state index contributed by atoms with van der Waals surface area (Å²) in [4.78, 5) is 1.90. The smallest absolute Gasteiger partial charge is 0.263 e. The molecule has 0 aliphatic carbocycles. The number of aromatic nitrogens is 1. The van der Waals surface area contributed by atoms with Crippen LogP contribution < -0.4 is 14.2 Å². The number of allylic oxidation sites excluding steroid dienone is 2. The third kappa shape index (κ3) is 7.74. The highest BCUT2D eigenvalue weighted by Crippen LogP contribution is 2.42. The normalized spacial score (nSPS) is 14.7.